The van der Waals surface area contributed by atoms with Crippen molar-refractivity contribution in [1.29, 1.82) is 0 Å². The summed E-state index contributed by atoms with van der Waals surface area (Å²) < 4.78 is 5.88. The third-order valence-corrected chi connectivity index (χ3v) is 7.95. The zero-order chi connectivity index (χ0) is 24.2. The molecule has 2 fully saturated rings. The topological polar surface area (TPSA) is 67.7 Å². The fourth-order valence-electron chi connectivity index (χ4n) is 4.20. The van der Waals surface area contributed by atoms with Gasteiger partial charge in [0.2, 0.25) is 5.13 Å². The smallest absolute Gasteiger partial charge is 0.267 e. The van der Waals surface area contributed by atoms with E-state index in [0.717, 1.165) is 47.6 Å². The van der Waals surface area contributed by atoms with Crippen molar-refractivity contribution in [2.45, 2.75) is 51.7 Å². The van der Waals surface area contributed by atoms with Gasteiger partial charge in [-0.2, -0.15) is 4.99 Å². The quantitative estimate of drug-likeness (QED) is 0.324. The van der Waals surface area contributed by atoms with E-state index < -0.39 is 0 Å². The highest BCUT2D eigenvalue weighted by atomic mass is 35.5. The Balaban J connectivity index is 1.33. The van der Waals surface area contributed by atoms with Crippen LogP contribution in [0.15, 0.2) is 58.4 Å². The zero-order valence-electron chi connectivity index (χ0n) is 19.3. The maximum Gasteiger partial charge on any atom is 0.267 e. The minimum absolute atomic E-state index is 0.0185. The SMILES string of the molecule is Cc1nnc(/N=C2/S/C(=C\c3ccc(OCc4ccc(Cl)cc4)cc3)C(=O)N2C2CCCCC2)s1. The molecule has 9 heteroatoms. The standard InChI is InChI=1S/C26H25ClN4O2S2/c1-17-29-30-25(34-17)28-26-31(21-5-3-2-4-6-21)24(32)23(35-26)15-18-9-13-22(14-10-18)33-16-19-7-11-20(27)12-8-19/h7-15,21H,2-6,16H2,1H3/b23-15-,28-26+. The Morgan fingerprint density at radius 3 is 2.51 bits per heavy atom. The molecule has 0 unspecified atom stereocenters. The molecule has 35 heavy (non-hydrogen) atoms. The molecule has 2 heterocycles. The Labute approximate surface area is 218 Å². The summed E-state index contributed by atoms with van der Waals surface area (Å²) in [5.74, 6) is 0.787. The van der Waals surface area contributed by atoms with E-state index >= 15 is 0 Å². The van der Waals surface area contributed by atoms with Crippen LogP contribution < -0.4 is 4.74 Å². The maximum absolute atomic E-state index is 13.5. The van der Waals surface area contributed by atoms with E-state index in [4.69, 9.17) is 21.3 Å². The molecule has 1 aliphatic heterocycles. The molecule has 1 saturated heterocycles. The maximum atomic E-state index is 13.5. The highest BCUT2D eigenvalue weighted by Gasteiger charge is 2.38. The summed E-state index contributed by atoms with van der Waals surface area (Å²) in [4.78, 5) is 20.7. The van der Waals surface area contributed by atoms with Crippen molar-refractivity contribution in [2.24, 2.45) is 4.99 Å². The van der Waals surface area contributed by atoms with Crippen LogP contribution in [0.3, 0.4) is 0 Å². The van der Waals surface area contributed by atoms with Crippen LogP contribution in [0.4, 0.5) is 5.13 Å². The lowest BCUT2D eigenvalue weighted by molar-refractivity contribution is -0.124. The largest absolute Gasteiger partial charge is 0.489 e. The molecule has 2 aromatic carbocycles. The fraction of sp³-hybridized carbons (Fsp3) is 0.308. The molecule has 180 valence electrons. The Morgan fingerprint density at radius 2 is 1.83 bits per heavy atom. The average Bonchev–Trinajstić information content (AvgIpc) is 3.42. The molecule has 1 amide bonds. The van der Waals surface area contributed by atoms with Gasteiger partial charge in [0, 0.05) is 11.1 Å². The Morgan fingerprint density at radius 1 is 1.09 bits per heavy atom. The summed E-state index contributed by atoms with van der Waals surface area (Å²) in [6, 6.07) is 15.6. The van der Waals surface area contributed by atoms with Crippen LogP contribution in [0.25, 0.3) is 6.08 Å². The minimum atomic E-state index is 0.0185. The molecular formula is C26H25ClN4O2S2. The number of aromatic nitrogens is 2. The fourth-order valence-corrected chi connectivity index (χ4v) is 5.98. The number of aliphatic imine (C=N–C) groups is 1. The van der Waals surface area contributed by atoms with Gasteiger partial charge in [-0.25, -0.2) is 0 Å². The number of nitrogens with zero attached hydrogens (tertiary/aromatic N) is 4. The molecule has 0 bridgehead atoms. The number of carbonyl (C=O) groups is 1. The van der Waals surface area contributed by atoms with Gasteiger partial charge in [-0.15, -0.1) is 10.2 Å². The number of ether oxygens (including phenoxy) is 1. The summed E-state index contributed by atoms with van der Waals surface area (Å²) in [5.41, 5.74) is 1.99. The van der Waals surface area contributed by atoms with Crippen molar-refractivity contribution >= 4 is 57.0 Å². The van der Waals surface area contributed by atoms with E-state index in [0.29, 0.717) is 26.8 Å². The average molecular weight is 525 g/mol. The van der Waals surface area contributed by atoms with E-state index in [1.807, 2.05) is 66.4 Å². The third kappa shape index (κ3) is 5.94. The van der Waals surface area contributed by atoms with Gasteiger partial charge in [-0.05, 0) is 73.0 Å². The lowest BCUT2D eigenvalue weighted by Crippen LogP contribution is -2.40. The van der Waals surface area contributed by atoms with Gasteiger partial charge in [0.25, 0.3) is 5.91 Å². The van der Waals surface area contributed by atoms with Gasteiger partial charge < -0.3 is 4.74 Å². The van der Waals surface area contributed by atoms with Crippen molar-refractivity contribution < 1.29 is 9.53 Å². The summed E-state index contributed by atoms with van der Waals surface area (Å²) in [6.07, 6.45) is 7.45. The number of hydrogen-bond donors (Lipinski definition) is 0. The van der Waals surface area contributed by atoms with E-state index in [2.05, 4.69) is 10.2 Å². The molecular weight excluding hydrogens is 500 g/mol. The lowest BCUT2D eigenvalue weighted by Gasteiger charge is -2.30. The molecule has 5 rings (SSSR count). The van der Waals surface area contributed by atoms with Crippen molar-refractivity contribution in [2.75, 3.05) is 0 Å². The van der Waals surface area contributed by atoms with E-state index in [1.54, 1.807) is 0 Å². The third-order valence-electron chi connectivity index (χ3n) is 5.98. The van der Waals surface area contributed by atoms with Gasteiger partial charge in [0.1, 0.15) is 17.4 Å². The van der Waals surface area contributed by atoms with Gasteiger partial charge in [0.15, 0.2) is 5.17 Å². The minimum Gasteiger partial charge on any atom is -0.489 e. The number of aryl methyl sites for hydroxylation is 1. The molecule has 3 aromatic rings. The first-order valence-corrected chi connectivity index (χ1v) is 13.7. The van der Waals surface area contributed by atoms with Gasteiger partial charge in [0.05, 0.1) is 4.91 Å². The van der Waals surface area contributed by atoms with Crippen LogP contribution in [0.5, 0.6) is 5.75 Å². The lowest BCUT2D eigenvalue weighted by atomic mass is 9.94. The molecule has 1 aliphatic carbocycles. The zero-order valence-corrected chi connectivity index (χ0v) is 21.7. The number of carbonyl (C=O) groups excluding carboxylic acids is 1. The van der Waals surface area contributed by atoms with Crippen LogP contribution in [0.2, 0.25) is 5.02 Å². The second-order valence-electron chi connectivity index (χ2n) is 8.56. The predicted octanol–water partition coefficient (Wildman–Crippen LogP) is 7.02. The van der Waals surface area contributed by atoms with Gasteiger partial charge in [-0.3, -0.25) is 9.69 Å². The molecule has 1 aromatic heterocycles. The van der Waals surface area contributed by atoms with Crippen molar-refractivity contribution in [3.63, 3.8) is 0 Å². The monoisotopic (exact) mass is 524 g/mol. The molecule has 0 spiro atoms. The number of rotatable bonds is 6. The molecule has 2 aliphatic rings. The van der Waals surface area contributed by atoms with Crippen molar-refractivity contribution in [3.05, 3.63) is 74.6 Å². The van der Waals surface area contributed by atoms with Crippen LogP contribution in [0.1, 0.15) is 48.2 Å². The first kappa shape index (κ1) is 24.0. The first-order valence-electron chi connectivity index (χ1n) is 11.6. The number of benzene rings is 2. The summed E-state index contributed by atoms with van der Waals surface area (Å²) >= 11 is 8.79. The number of amides is 1. The number of hydrogen-bond acceptors (Lipinski definition) is 7. The molecule has 0 N–H and O–H groups in total. The van der Waals surface area contributed by atoms with Crippen LogP contribution in [0, 0.1) is 6.92 Å². The second kappa shape index (κ2) is 10.9. The van der Waals surface area contributed by atoms with Crippen LogP contribution in [-0.2, 0) is 11.4 Å². The van der Waals surface area contributed by atoms with Crippen LogP contribution in [-0.4, -0.2) is 32.2 Å². The van der Waals surface area contributed by atoms with E-state index in [-0.39, 0.29) is 11.9 Å². The second-order valence-corrected chi connectivity index (χ2v) is 11.2. The molecule has 1 saturated carbocycles. The van der Waals surface area contributed by atoms with Crippen molar-refractivity contribution in [3.8, 4) is 5.75 Å². The number of thioether (sulfide) groups is 1. The normalized spacial score (nSPS) is 19.1. The van der Waals surface area contributed by atoms with Gasteiger partial charge >= 0.3 is 0 Å². The Kier molecular flexibility index (Phi) is 7.51. The van der Waals surface area contributed by atoms with E-state index in [1.165, 1.54) is 29.5 Å². The van der Waals surface area contributed by atoms with Gasteiger partial charge in [-0.1, -0.05) is 66.5 Å². The number of halogens is 1. The Bertz CT molecular complexity index is 1250. The highest BCUT2D eigenvalue weighted by Crippen LogP contribution is 2.39. The highest BCUT2D eigenvalue weighted by molar-refractivity contribution is 8.18. The predicted molar refractivity (Wildman–Crippen MR) is 143 cm³/mol. The molecule has 0 radical (unpaired) electrons. The Hall–Kier alpha value is -2.68. The van der Waals surface area contributed by atoms with E-state index in [9.17, 15) is 4.79 Å². The van der Waals surface area contributed by atoms with Crippen LogP contribution >= 0.6 is 34.7 Å². The summed E-state index contributed by atoms with van der Waals surface area (Å²) in [5, 5.41) is 11.1. The number of amidine groups is 1. The summed E-state index contributed by atoms with van der Waals surface area (Å²) in [7, 11) is 0. The molecule has 0 atom stereocenters. The van der Waals surface area contributed by atoms with Crippen molar-refractivity contribution in [1.82, 2.24) is 15.1 Å². The summed E-state index contributed by atoms with van der Waals surface area (Å²) in [6.45, 7) is 2.37. The first-order chi connectivity index (χ1) is 17.0. The molecule has 6 nitrogen and oxygen atoms in total.